The molecule has 4 bridgehead atoms. The van der Waals surface area contributed by atoms with Crippen LogP contribution in [0, 0.1) is 17.8 Å². The topological polar surface area (TPSA) is 18.8 Å². The Morgan fingerprint density at radius 1 is 0.765 bits per heavy atom. The maximum atomic E-state index is 13.7. The van der Waals surface area contributed by atoms with Crippen molar-refractivity contribution in [3.63, 3.8) is 0 Å². The summed E-state index contributed by atoms with van der Waals surface area (Å²) in [5.74, 6) is 2.41. The molecule has 0 atom stereocenters. The van der Waals surface area contributed by atoms with Gasteiger partial charge in [-0.05, 0) is 100 Å². The van der Waals surface area contributed by atoms with Crippen molar-refractivity contribution in [2.75, 3.05) is 26.2 Å². The maximum Gasteiger partial charge on any atom is 0.416 e. The summed E-state index contributed by atoms with van der Waals surface area (Å²) in [5, 5.41) is 0.171. The van der Waals surface area contributed by atoms with Crippen molar-refractivity contribution in [2.45, 2.75) is 88.4 Å². The number of rotatable bonds is 4. The summed E-state index contributed by atoms with van der Waals surface area (Å²) in [6.45, 7) is 4.26. The zero-order valence-electron chi connectivity index (χ0n) is 20.3. The van der Waals surface area contributed by atoms with E-state index in [1.165, 1.54) is 89.2 Å². The highest BCUT2D eigenvalue weighted by atomic mass is 31.2. The Labute approximate surface area is 202 Å². The summed E-state index contributed by atoms with van der Waals surface area (Å²) < 4.78 is 52.2. The van der Waals surface area contributed by atoms with Crippen LogP contribution in [0.2, 0.25) is 0 Å². The summed E-state index contributed by atoms with van der Waals surface area (Å²) in [6, 6.07) is 5.95. The summed E-state index contributed by atoms with van der Waals surface area (Å²) >= 11 is 0. The normalized spacial score (nSPS) is 35.0. The minimum absolute atomic E-state index is 0.171. The minimum Gasteiger partial charge on any atom is -0.257 e. The molecule has 34 heavy (non-hydrogen) atoms. The molecule has 0 amide bonds. The van der Waals surface area contributed by atoms with Gasteiger partial charge in [0.25, 0.3) is 0 Å². The molecule has 2 heterocycles. The number of alkyl halides is 3. The molecule has 0 radical (unpaired) electrons. The molecule has 0 N–H and O–H groups in total. The lowest BCUT2D eigenvalue weighted by molar-refractivity contribution is -0.137. The van der Waals surface area contributed by atoms with Crippen LogP contribution in [0.1, 0.15) is 82.6 Å². The molecule has 1 aromatic carbocycles. The van der Waals surface area contributed by atoms with Gasteiger partial charge in [-0.2, -0.15) is 13.2 Å². The second-order valence-electron chi connectivity index (χ2n) is 11.9. The SMILES string of the molecule is FC(F)(F)c1cccc(N=P(N2CCCCC2)(N2CCCCC2)C23CC4CC(CC(C4)C2)C3)c1. The van der Waals surface area contributed by atoms with Crippen molar-refractivity contribution in [3.05, 3.63) is 29.8 Å². The molecular formula is C27H39F3N3P. The second-order valence-corrected chi connectivity index (χ2v) is 15.3. The van der Waals surface area contributed by atoms with Crippen LogP contribution in [-0.2, 0) is 6.18 Å². The highest BCUT2D eigenvalue weighted by molar-refractivity contribution is 7.63. The fourth-order valence-corrected chi connectivity index (χ4v) is 14.3. The first-order valence-electron chi connectivity index (χ1n) is 13.7. The molecule has 6 fully saturated rings. The lowest BCUT2D eigenvalue weighted by atomic mass is 9.56. The van der Waals surface area contributed by atoms with Crippen LogP contribution in [-0.4, -0.2) is 40.7 Å². The predicted molar refractivity (Wildman–Crippen MR) is 132 cm³/mol. The van der Waals surface area contributed by atoms with Gasteiger partial charge in [-0.25, -0.2) is 4.74 Å². The molecule has 188 valence electrons. The summed E-state index contributed by atoms with van der Waals surface area (Å²) in [5.41, 5.74) is 0.00435. The largest absolute Gasteiger partial charge is 0.416 e. The molecule has 0 aromatic heterocycles. The van der Waals surface area contributed by atoms with Gasteiger partial charge >= 0.3 is 6.18 Å². The highest BCUT2D eigenvalue weighted by Crippen LogP contribution is 2.78. The van der Waals surface area contributed by atoms with E-state index in [-0.39, 0.29) is 5.16 Å². The number of halogens is 3. The average molecular weight is 494 g/mol. The predicted octanol–water partition coefficient (Wildman–Crippen LogP) is 8.31. The van der Waals surface area contributed by atoms with Crippen molar-refractivity contribution in [3.8, 4) is 0 Å². The minimum atomic E-state index is -4.33. The lowest BCUT2D eigenvalue weighted by Crippen LogP contribution is -2.56. The third kappa shape index (κ3) is 4.00. The van der Waals surface area contributed by atoms with Gasteiger partial charge in [0.05, 0.1) is 11.3 Å². The second kappa shape index (κ2) is 8.92. The molecule has 2 saturated heterocycles. The molecule has 0 spiro atoms. The highest BCUT2D eigenvalue weighted by Gasteiger charge is 2.61. The van der Waals surface area contributed by atoms with E-state index in [2.05, 4.69) is 9.34 Å². The molecule has 4 saturated carbocycles. The summed E-state index contributed by atoms with van der Waals surface area (Å²) in [4.78, 5) is 0. The van der Waals surface area contributed by atoms with E-state index in [4.69, 9.17) is 4.74 Å². The monoisotopic (exact) mass is 493 g/mol. The summed E-state index contributed by atoms with van der Waals surface area (Å²) in [7, 11) is -2.22. The van der Waals surface area contributed by atoms with Crippen LogP contribution in [0.3, 0.4) is 0 Å². The van der Waals surface area contributed by atoms with E-state index >= 15 is 0 Å². The quantitative estimate of drug-likeness (QED) is 0.393. The van der Waals surface area contributed by atoms with Crippen LogP contribution in [0.15, 0.2) is 29.0 Å². The molecule has 2 aliphatic heterocycles. The maximum absolute atomic E-state index is 13.7. The first-order valence-corrected chi connectivity index (χ1v) is 15.3. The first kappa shape index (κ1) is 23.6. The standard InChI is InChI=1S/C27H39F3N3P/c28-27(29,30)24-8-7-9-25(17-24)31-34(32-10-3-1-4-11-32,33-12-5-2-6-13-33)26-18-21-14-22(19-26)16-23(15-21)20-26/h7-9,17,21-23H,1-6,10-16,18-20H2. The number of hydrogen-bond acceptors (Lipinski definition) is 1. The van der Waals surface area contributed by atoms with Crippen molar-refractivity contribution < 1.29 is 13.2 Å². The van der Waals surface area contributed by atoms with E-state index in [1.54, 1.807) is 6.07 Å². The van der Waals surface area contributed by atoms with Gasteiger partial charge in [0.15, 0.2) is 0 Å². The van der Waals surface area contributed by atoms with E-state index in [9.17, 15) is 13.2 Å². The Kier molecular flexibility index (Phi) is 6.18. The smallest absolute Gasteiger partial charge is 0.257 e. The Morgan fingerprint density at radius 3 is 1.74 bits per heavy atom. The molecule has 7 rings (SSSR count). The van der Waals surface area contributed by atoms with Gasteiger partial charge in [-0.1, -0.05) is 18.9 Å². The van der Waals surface area contributed by atoms with Gasteiger partial charge in [-0.15, -0.1) is 0 Å². The van der Waals surface area contributed by atoms with Crippen molar-refractivity contribution in [1.82, 2.24) is 9.34 Å². The molecular weight excluding hydrogens is 454 g/mol. The molecule has 0 unspecified atom stereocenters. The van der Waals surface area contributed by atoms with E-state index in [0.29, 0.717) is 5.69 Å². The van der Waals surface area contributed by atoms with Crippen LogP contribution in [0.5, 0.6) is 0 Å². The van der Waals surface area contributed by atoms with Crippen molar-refractivity contribution in [1.29, 1.82) is 0 Å². The fraction of sp³-hybridized carbons (Fsp3) is 0.778. The molecule has 3 nitrogen and oxygen atoms in total. The molecule has 7 heteroatoms. The number of hydrogen-bond donors (Lipinski definition) is 0. The first-order chi connectivity index (χ1) is 16.4. The van der Waals surface area contributed by atoms with Gasteiger partial charge in [0.2, 0.25) is 0 Å². The molecule has 1 aromatic rings. The van der Waals surface area contributed by atoms with E-state index in [0.717, 1.165) is 43.9 Å². The van der Waals surface area contributed by atoms with E-state index < -0.39 is 19.1 Å². The fourth-order valence-electron chi connectivity index (χ4n) is 8.66. The third-order valence-corrected chi connectivity index (χ3v) is 14.2. The number of benzene rings is 1. The average Bonchev–Trinajstić information content (AvgIpc) is 2.82. The van der Waals surface area contributed by atoms with Gasteiger partial charge in [0.1, 0.15) is 7.36 Å². The van der Waals surface area contributed by atoms with Crippen LogP contribution in [0.4, 0.5) is 18.9 Å². The van der Waals surface area contributed by atoms with Gasteiger partial charge in [-0.3, -0.25) is 9.34 Å². The van der Waals surface area contributed by atoms with E-state index in [1.807, 2.05) is 6.07 Å². The van der Waals surface area contributed by atoms with Crippen LogP contribution < -0.4 is 0 Å². The Morgan fingerprint density at radius 2 is 1.26 bits per heavy atom. The Hall–Kier alpha value is -0.840. The zero-order chi connectivity index (χ0) is 23.4. The van der Waals surface area contributed by atoms with Gasteiger partial charge < -0.3 is 0 Å². The number of piperidine rings is 2. The number of nitrogens with zero attached hydrogens (tertiary/aromatic N) is 3. The van der Waals surface area contributed by atoms with Crippen molar-refractivity contribution >= 4 is 13.0 Å². The molecule has 4 aliphatic carbocycles. The third-order valence-electron chi connectivity index (χ3n) is 9.52. The van der Waals surface area contributed by atoms with Crippen molar-refractivity contribution in [2.24, 2.45) is 22.5 Å². The summed E-state index contributed by atoms with van der Waals surface area (Å²) in [6.07, 6.45) is 10.9. The molecule has 6 aliphatic rings. The van der Waals surface area contributed by atoms with Gasteiger partial charge in [0, 0.05) is 31.3 Å². The van der Waals surface area contributed by atoms with Crippen LogP contribution >= 0.6 is 7.36 Å². The Balaban J connectivity index is 1.56. The zero-order valence-corrected chi connectivity index (χ0v) is 21.2. The van der Waals surface area contributed by atoms with Crippen LogP contribution in [0.25, 0.3) is 0 Å². The lowest BCUT2D eigenvalue weighted by Gasteiger charge is -2.65. The Bertz CT molecular complexity index is 889.